The first-order chi connectivity index (χ1) is 18.9. The van der Waals surface area contributed by atoms with Crippen LogP contribution in [0.3, 0.4) is 0 Å². The third-order valence-electron chi connectivity index (χ3n) is 5.30. The highest BCUT2D eigenvalue weighted by Crippen LogP contribution is 2.37. The number of anilines is 3. The lowest BCUT2D eigenvalue weighted by atomic mass is 10.2. The van der Waals surface area contributed by atoms with Crippen molar-refractivity contribution in [2.24, 2.45) is 0 Å². The van der Waals surface area contributed by atoms with E-state index < -0.39 is 65.6 Å². The molecule has 0 bridgehead atoms. The van der Waals surface area contributed by atoms with Crippen molar-refractivity contribution in [3.05, 3.63) is 81.4 Å². The van der Waals surface area contributed by atoms with Gasteiger partial charge in [0.15, 0.2) is 0 Å². The number of ether oxygens (including phenoxy) is 1. The van der Waals surface area contributed by atoms with Crippen LogP contribution in [0.5, 0.6) is 5.75 Å². The summed E-state index contributed by atoms with van der Waals surface area (Å²) >= 11 is 5.55. The van der Waals surface area contributed by atoms with Gasteiger partial charge in [-0.05, 0) is 48.5 Å². The Balaban J connectivity index is 1.79. The number of benzene rings is 3. The lowest BCUT2D eigenvalue weighted by Crippen LogP contribution is -2.37. The van der Waals surface area contributed by atoms with Crippen molar-refractivity contribution in [2.75, 3.05) is 34.3 Å². The van der Waals surface area contributed by atoms with Crippen LogP contribution in [0, 0.1) is 10.1 Å². The molecule has 0 fully saturated rings. The molecule has 1 amide bonds. The number of halogens is 4. The van der Waals surface area contributed by atoms with Gasteiger partial charge < -0.3 is 10.1 Å². The van der Waals surface area contributed by atoms with E-state index in [9.17, 15) is 44.9 Å². The number of rotatable bonds is 10. The minimum absolute atomic E-state index is 0.0410. The molecule has 2 N–H and O–H groups in total. The van der Waals surface area contributed by atoms with Gasteiger partial charge >= 0.3 is 6.18 Å². The SMILES string of the molecule is COc1ccc([N+](=O)[O-])cc1N(CC(=O)Nc1ccc(S(=O)(=O)Nc2ccc(Cl)c(C(F)(F)F)c2)cc1)S(C)(=O)=O. The third kappa shape index (κ3) is 7.77. The first-order valence-corrected chi connectivity index (χ1v) is 14.7. The fraction of sp³-hybridized carbons (Fsp3) is 0.174. The number of hydrogen-bond acceptors (Lipinski definition) is 8. The van der Waals surface area contributed by atoms with Crippen molar-refractivity contribution in [3.63, 3.8) is 0 Å². The van der Waals surface area contributed by atoms with Crippen LogP contribution in [0.25, 0.3) is 0 Å². The van der Waals surface area contributed by atoms with E-state index in [2.05, 4.69) is 5.32 Å². The van der Waals surface area contributed by atoms with Crippen molar-refractivity contribution >= 4 is 60.3 Å². The zero-order valence-electron chi connectivity index (χ0n) is 21.0. The van der Waals surface area contributed by atoms with Gasteiger partial charge in [0.2, 0.25) is 15.9 Å². The van der Waals surface area contributed by atoms with E-state index in [0.29, 0.717) is 10.4 Å². The molecule has 0 heterocycles. The number of carbonyl (C=O) groups excluding carboxylic acids is 1. The molecule has 3 aromatic carbocycles. The minimum Gasteiger partial charge on any atom is -0.495 e. The van der Waals surface area contributed by atoms with Gasteiger partial charge in [-0.15, -0.1) is 0 Å². The summed E-state index contributed by atoms with van der Waals surface area (Å²) in [5.41, 5.74) is -2.30. The second kappa shape index (κ2) is 11.8. The summed E-state index contributed by atoms with van der Waals surface area (Å²) in [7, 11) is -7.30. The van der Waals surface area contributed by atoms with Gasteiger partial charge in [-0.3, -0.25) is 23.9 Å². The Hall–Kier alpha value is -4.09. The number of non-ortho nitro benzene ring substituents is 1. The molecule has 0 radical (unpaired) electrons. The van der Waals surface area contributed by atoms with Crippen LogP contribution in [-0.2, 0) is 31.0 Å². The molecular formula is C23H20ClF3N4O8S2. The van der Waals surface area contributed by atoms with Gasteiger partial charge in [0, 0.05) is 23.5 Å². The summed E-state index contributed by atoms with van der Waals surface area (Å²) in [6.07, 6.45) is -4.03. The molecule has 220 valence electrons. The average molecular weight is 637 g/mol. The zero-order chi connectivity index (χ0) is 30.8. The van der Waals surface area contributed by atoms with Crippen LogP contribution >= 0.6 is 11.6 Å². The average Bonchev–Trinajstić information content (AvgIpc) is 2.87. The van der Waals surface area contributed by atoms with Crippen LogP contribution < -0.4 is 19.1 Å². The second-order valence-corrected chi connectivity index (χ2v) is 12.2. The molecular weight excluding hydrogens is 617 g/mol. The Kier molecular flexibility index (Phi) is 9.04. The van der Waals surface area contributed by atoms with Gasteiger partial charge in [0.25, 0.3) is 15.7 Å². The molecule has 0 aromatic heterocycles. The molecule has 3 aromatic rings. The molecule has 3 rings (SSSR count). The van der Waals surface area contributed by atoms with Gasteiger partial charge in [-0.25, -0.2) is 16.8 Å². The maximum Gasteiger partial charge on any atom is 0.417 e. The van der Waals surface area contributed by atoms with Crippen LogP contribution in [0.2, 0.25) is 5.02 Å². The largest absolute Gasteiger partial charge is 0.495 e. The molecule has 41 heavy (non-hydrogen) atoms. The lowest BCUT2D eigenvalue weighted by Gasteiger charge is -2.23. The molecule has 0 aliphatic heterocycles. The normalized spacial score (nSPS) is 12.0. The number of nitro groups is 1. The van der Waals surface area contributed by atoms with E-state index in [1.807, 2.05) is 4.72 Å². The van der Waals surface area contributed by atoms with Crippen molar-refractivity contribution in [3.8, 4) is 5.75 Å². The highest BCUT2D eigenvalue weighted by molar-refractivity contribution is 7.92. The summed E-state index contributed by atoms with van der Waals surface area (Å²) in [5.74, 6) is -0.947. The maximum absolute atomic E-state index is 13.1. The van der Waals surface area contributed by atoms with Crippen molar-refractivity contribution in [2.45, 2.75) is 11.1 Å². The predicted octanol–water partition coefficient (Wildman–Crippen LogP) is 4.48. The number of methoxy groups -OCH3 is 1. The van der Waals surface area contributed by atoms with E-state index in [4.69, 9.17) is 16.3 Å². The number of nitrogens with one attached hydrogen (secondary N) is 2. The summed E-state index contributed by atoms with van der Waals surface area (Å²) in [5, 5.41) is 12.9. The monoisotopic (exact) mass is 636 g/mol. The van der Waals surface area contributed by atoms with Gasteiger partial charge in [0.05, 0.1) is 33.8 Å². The van der Waals surface area contributed by atoms with Gasteiger partial charge in [0.1, 0.15) is 18.0 Å². The number of nitrogens with zero attached hydrogens (tertiary/aromatic N) is 2. The van der Waals surface area contributed by atoms with Crippen LogP contribution in [0.1, 0.15) is 5.56 Å². The van der Waals surface area contributed by atoms with Crippen LogP contribution in [0.15, 0.2) is 65.6 Å². The standard InChI is InChI=1S/C23H20ClF3N4O8S2/c1-39-21-10-6-16(31(33)34)12-20(21)30(40(2,35)36)13-22(32)28-14-3-7-17(8-4-14)41(37,38)29-15-5-9-19(24)18(11-15)23(25,26)27/h3-12,29H,13H2,1-2H3,(H,28,32). The highest BCUT2D eigenvalue weighted by atomic mass is 35.5. The number of alkyl halides is 3. The van der Waals surface area contributed by atoms with Crippen LogP contribution in [-0.4, -0.2) is 47.6 Å². The van der Waals surface area contributed by atoms with Crippen molar-refractivity contribution < 1.29 is 44.5 Å². The molecule has 0 aliphatic rings. The van der Waals surface area contributed by atoms with E-state index >= 15 is 0 Å². The molecule has 0 atom stereocenters. The summed E-state index contributed by atoms with van der Waals surface area (Å²) in [6.45, 7) is -0.823. The summed E-state index contributed by atoms with van der Waals surface area (Å²) in [6, 6.07) is 10.1. The smallest absolute Gasteiger partial charge is 0.417 e. The van der Waals surface area contributed by atoms with Crippen LogP contribution in [0.4, 0.5) is 35.9 Å². The van der Waals surface area contributed by atoms with Gasteiger partial charge in [-0.1, -0.05) is 11.6 Å². The van der Waals surface area contributed by atoms with Crippen molar-refractivity contribution in [1.29, 1.82) is 0 Å². The van der Waals surface area contributed by atoms with Gasteiger partial charge in [-0.2, -0.15) is 13.2 Å². The number of nitro benzene ring substituents is 1. The Labute approximate surface area is 236 Å². The fourth-order valence-electron chi connectivity index (χ4n) is 3.44. The Morgan fingerprint density at radius 1 is 1.02 bits per heavy atom. The molecule has 0 spiro atoms. The maximum atomic E-state index is 13.1. The highest BCUT2D eigenvalue weighted by Gasteiger charge is 2.34. The second-order valence-electron chi connectivity index (χ2n) is 8.25. The molecule has 0 unspecified atom stereocenters. The Morgan fingerprint density at radius 2 is 1.63 bits per heavy atom. The van der Waals surface area contributed by atoms with E-state index in [1.165, 1.54) is 13.2 Å². The van der Waals surface area contributed by atoms with E-state index in [-0.39, 0.29) is 22.0 Å². The Bertz CT molecular complexity index is 1700. The third-order valence-corrected chi connectivity index (χ3v) is 8.16. The summed E-state index contributed by atoms with van der Waals surface area (Å²) < 4.78 is 97.2. The lowest BCUT2D eigenvalue weighted by molar-refractivity contribution is -0.384. The molecule has 12 nitrogen and oxygen atoms in total. The molecule has 18 heteroatoms. The van der Waals surface area contributed by atoms with E-state index in [0.717, 1.165) is 54.8 Å². The van der Waals surface area contributed by atoms with E-state index in [1.54, 1.807) is 0 Å². The number of carbonyl (C=O) groups is 1. The first kappa shape index (κ1) is 31.4. The summed E-state index contributed by atoms with van der Waals surface area (Å²) in [4.78, 5) is 22.8. The quantitative estimate of drug-likeness (QED) is 0.243. The number of amides is 1. The van der Waals surface area contributed by atoms with Crippen molar-refractivity contribution in [1.82, 2.24) is 0 Å². The topological polar surface area (TPSA) is 165 Å². The predicted molar refractivity (Wildman–Crippen MR) is 144 cm³/mol. The zero-order valence-corrected chi connectivity index (χ0v) is 23.4. The number of hydrogen-bond donors (Lipinski definition) is 2. The first-order valence-electron chi connectivity index (χ1n) is 11.0. The fourth-order valence-corrected chi connectivity index (χ4v) is 5.56. The molecule has 0 saturated heterocycles. The molecule has 0 aliphatic carbocycles. The Morgan fingerprint density at radius 3 is 2.17 bits per heavy atom. The minimum atomic E-state index is -4.81. The molecule has 0 saturated carbocycles. The number of sulfonamides is 2.